The third kappa shape index (κ3) is 3.32. The molecular formula is C17H16N4O. The Morgan fingerprint density at radius 2 is 1.55 bits per heavy atom. The Labute approximate surface area is 128 Å². The van der Waals surface area contributed by atoms with Gasteiger partial charge < -0.3 is 0 Å². The van der Waals surface area contributed by atoms with Crippen LogP contribution in [0.4, 0.5) is 0 Å². The lowest BCUT2D eigenvalue weighted by molar-refractivity contribution is -0.120. The predicted octanol–water partition coefficient (Wildman–Crippen LogP) is 1.65. The first kappa shape index (κ1) is 13.9. The van der Waals surface area contributed by atoms with E-state index in [4.69, 9.17) is 0 Å². The molecule has 0 aromatic heterocycles. The molecule has 0 radical (unpaired) electrons. The van der Waals surface area contributed by atoms with E-state index in [1.807, 2.05) is 66.7 Å². The van der Waals surface area contributed by atoms with Crippen molar-refractivity contribution in [3.05, 3.63) is 77.5 Å². The maximum Gasteiger partial charge on any atom is 0.268 e. The molecule has 1 aliphatic rings. The van der Waals surface area contributed by atoms with Gasteiger partial charge in [0, 0.05) is 0 Å². The first-order valence-corrected chi connectivity index (χ1v) is 6.99. The van der Waals surface area contributed by atoms with Crippen molar-refractivity contribution in [2.45, 2.75) is 6.04 Å². The number of hydrogen-bond acceptors (Lipinski definition) is 4. The third-order valence-electron chi connectivity index (χ3n) is 3.24. The number of rotatable bonds is 4. The number of nitrogens with zero attached hydrogens (tertiary/aromatic N) is 1. The van der Waals surface area contributed by atoms with Crippen molar-refractivity contribution in [1.82, 2.24) is 16.3 Å². The summed E-state index contributed by atoms with van der Waals surface area (Å²) in [4.78, 5) is 11.9. The van der Waals surface area contributed by atoms with Gasteiger partial charge in [-0.1, -0.05) is 60.7 Å². The molecule has 1 atom stereocenters. The fraction of sp³-hybridized carbons (Fsp3) is 0.0588. The summed E-state index contributed by atoms with van der Waals surface area (Å²) in [7, 11) is 0. The molecule has 5 nitrogen and oxygen atoms in total. The van der Waals surface area contributed by atoms with Gasteiger partial charge in [-0.2, -0.15) is 5.10 Å². The van der Waals surface area contributed by atoms with Gasteiger partial charge in [-0.15, -0.1) is 0 Å². The van der Waals surface area contributed by atoms with Crippen LogP contribution in [0.15, 0.2) is 71.5 Å². The molecule has 0 aliphatic carbocycles. The molecule has 22 heavy (non-hydrogen) atoms. The predicted molar refractivity (Wildman–Crippen MR) is 86.7 cm³/mol. The molecule has 2 aromatic rings. The topological polar surface area (TPSA) is 65.5 Å². The maximum absolute atomic E-state index is 11.9. The quantitative estimate of drug-likeness (QED) is 0.593. The minimum absolute atomic E-state index is 0.160. The molecule has 3 N–H and O–H groups in total. The average molecular weight is 292 g/mol. The number of nitrogens with one attached hydrogen (secondary N) is 3. The highest BCUT2D eigenvalue weighted by atomic mass is 16.2. The van der Waals surface area contributed by atoms with Crippen LogP contribution in [0, 0.1) is 0 Å². The van der Waals surface area contributed by atoms with Crippen LogP contribution in [-0.2, 0) is 4.79 Å². The van der Waals surface area contributed by atoms with Crippen LogP contribution in [0.2, 0.25) is 0 Å². The van der Waals surface area contributed by atoms with Crippen molar-refractivity contribution in [3.63, 3.8) is 0 Å². The van der Waals surface area contributed by atoms with Gasteiger partial charge in [0.25, 0.3) is 5.91 Å². The summed E-state index contributed by atoms with van der Waals surface area (Å²) in [5.74, 6) is -0.160. The normalized spacial score (nSPS) is 19.2. The molecule has 1 fully saturated rings. The van der Waals surface area contributed by atoms with E-state index in [1.165, 1.54) is 0 Å². The highest BCUT2D eigenvalue weighted by molar-refractivity contribution is 5.89. The molecule has 0 unspecified atom stereocenters. The summed E-state index contributed by atoms with van der Waals surface area (Å²) in [5, 5.41) is 4.15. The Morgan fingerprint density at radius 1 is 0.909 bits per heavy atom. The fourth-order valence-corrected chi connectivity index (χ4v) is 2.12. The van der Waals surface area contributed by atoms with E-state index in [0.29, 0.717) is 0 Å². The summed E-state index contributed by atoms with van der Waals surface area (Å²) < 4.78 is 0. The second-order valence-electron chi connectivity index (χ2n) is 4.86. The minimum atomic E-state index is -0.528. The number of benzene rings is 2. The smallest absolute Gasteiger partial charge is 0.268 e. The number of carbonyl (C=O) groups excluding carboxylic acids is 1. The molecule has 1 aliphatic heterocycles. The van der Waals surface area contributed by atoms with Crippen LogP contribution in [-0.4, -0.2) is 18.2 Å². The number of hydrogen-bond donors (Lipinski definition) is 3. The van der Waals surface area contributed by atoms with Gasteiger partial charge in [-0.05, 0) is 17.2 Å². The van der Waals surface area contributed by atoms with Crippen molar-refractivity contribution in [3.8, 4) is 0 Å². The zero-order valence-electron chi connectivity index (χ0n) is 11.9. The lowest BCUT2D eigenvalue weighted by Gasteiger charge is -2.07. The third-order valence-corrected chi connectivity index (χ3v) is 3.24. The summed E-state index contributed by atoms with van der Waals surface area (Å²) in [6, 6.07) is 19.0. The zero-order chi connectivity index (χ0) is 15.2. The van der Waals surface area contributed by atoms with Crippen molar-refractivity contribution in [2.24, 2.45) is 5.10 Å². The molecule has 1 heterocycles. The highest BCUT2D eigenvalue weighted by Crippen LogP contribution is 2.11. The minimum Gasteiger partial charge on any atom is -0.300 e. The molecule has 0 saturated carbocycles. The Bertz CT molecular complexity index is 695. The SMILES string of the molecule is O=C1NN/C(=C\c2ccccc2)[C@H]1N/N=C\c1ccccc1. The molecule has 0 bridgehead atoms. The van der Waals surface area contributed by atoms with Gasteiger partial charge in [-0.3, -0.25) is 21.1 Å². The van der Waals surface area contributed by atoms with E-state index in [1.54, 1.807) is 6.21 Å². The zero-order valence-corrected chi connectivity index (χ0v) is 11.9. The molecule has 1 amide bonds. The molecule has 0 spiro atoms. The standard InChI is InChI=1S/C17H16N4O/c22-17-16(20-18-12-14-9-5-2-6-10-14)15(19-21-17)11-13-7-3-1-4-8-13/h1-12,16,19-20H,(H,21,22)/b15-11-,18-12-/t16-/m1/s1. The van der Waals surface area contributed by atoms with E-state index in [-0.39, 0.29) is 5.91 Å². The Kier molecular flexibility index (Phi) is 4.15. The van der Waals surface area contributed by atoms with E-state index >= 15 is 0 Å². The monoisotopic (exact) mass is 292 g/mol. The summed E-state index contributed by atoms with van der Waals surface area (Å²) in [6.07, 6.45) is 3.60. The lowest BCUT2D eigenvalue weighted by Crippen LogP contribution is -2.34. The van der Waals surface area contributed by atoms with Crippen molar-refractivity contribution >= 4 is 18.2 Å². The van der Waals surface area contributed by atoms with Gasteiger partial charge in [0.1, 0.15) is 0 Å². The van der Waals surface area contributed by atoms with E-state index < -0.39 is 6.04 Å². The first-order valence-electron chi connectivity index (χ1n) is 6.99. The molecular weight excluding hydrogens is 276 g/mol. The molecule has 2 aromatic carbocycles. The molecule has 1 saturated heterocycles. The van der Waals surface area contributed by atoms with Gasteiger partial charge in [0.15, 0.2) is 6.04 Å². The summed E-state index contributed by atoms with van der Waals surface area (Å²) in [6.45, 7) is 0. The van der Waals surface area contributed by atoms with Crippen LogP contribution in [0.1, 0.15) is 11.1 Å². The Hall–Kier alpha value is -3.08. The van der Waals surface area contributed by atoms with E-state index in [9.17, 15) is 4.79 Å². The van der Waals surface area contributed by atoms with E-state index in [0.717, 1.165) is 16.8 Å². The van der Waals surface area contributed by atoms with E-state index in [2.05, 4.69) is 21.4 Å². The van der Waals surface area contributed by atoms with Gasteiger partial charge in [-0.25, -0.2) is 0 Å². The van der Waals surface area contributed by atoms with Crippen molar-refractivity contribution < 1.29 is 4.79 Å². The number of hydrazone groups is 1. The second kappa shape index (κ2) is 6.58. The number of hydrazine groups is 1. The van der Waals surface area contributed by atoms with Gasteiger partial charge in [0.2, 0.25) is 0 Å². The molecule has 5 heteroatoms. The number of amides is 1. The molecule has 110 valence electrons. The van der Waals surface area contributed by atoms with Gasteiger partial charge in [0.05, 0.1) is 11.9 Å². The average Bonchev–Trinajstić information content (AvgIpc) is 2.90. The van der Waals surface area contributed by atoms with Gasteiger partial charge >= 0.3 is 0 Å². The van der Waals surface area contributed by atoms with Crippen LogP contribution in [0.5, 0.6) is 0 Å². The summed E-state index contributed by atoms with van der Waals surface area (Å²) >= 11 is 0. The molecule has 3 rings (SSSR count). The van der Waals surface area contributed by atoms with Crippen LogP contribution in [0.25, 0.3) is 6.08 Å². The Morgan fingerprint density at radius 3 is 2.23 bits per heavy atom. The fourth-order valence-electron chi connectivity index (χ4n) is 2.12. The lowest BCUT2D eigenvalue weighted by atomic mass is 10.1. The number of carbonyl (C=O) groups is 1. The maximum atomic E-state index is 11.9. The van der Waals surface area contributed by atoms with Crippen LogP contribution in [0.3, 0.4) is 0 Å². The van der Waals surface area contributed by atoms with Crippen molar-refractivity contribution in [1.29, 1.82) is 0 Å². The second-order valence-corrected chi connectivity index (χ2v) is 4.86. The summed E-state index contributed by atoms with van der Waals surface area (Å²) in [5.41, 5.74) is 11.1. The van der Waals surface area contributed by atoms with Crippen LogP contribution < -0.4 is 16.3 Å². The largest absolute Gasteiger partial charge is 0.300 e. The highest BCUT2D eigenvalue weighted by Gasteiger charge is 2.28. The first-order chi connectivity index (χ1) is 10.8. The van der Waals surface area contributed by atoms with Crippen LogP contribution >= 0.6 is 0 Å². The Balaban J connectivity index is 1.72. The van der Waals surface area contributed by atoms with Crippen molar-refractivity contribution in [2.75, 3.05) is 0 Å².